The van der Waals surface area contributed by atoms with Gasteiger partial charge in [0.2, 0.25) is 0 Å². The van der Waals surface area contributed by atoms with Crippen LogP contribution in [0.3, 0.4) is 0 Å². The fraction of sp³-hybridized carbons (Fsp3) is 0.273. The number of fused-ring (bicyclic) bond motifs is 1. The van der Waals surface area contributed by atoms with E-state index in [1.807, 2.05) is 18.2 Å². The summed E-state index contributed by atoms with van der Waals surface area (Å²) < 4.78 is 7.87. The zero-order valence-electron chi connectivity index (χ0n) is 8.98. The quantitative estimate of drug-likeness (QED) is 0.628. The first-order valence-electron chi connectivity index (χ1n) is 4.91. The van der Waals surface area contributed by atoms with E-state index in [0.717, 1.165) is 9.22 Å². The van der Waals surface area contributed by atoms with Gasteiger partial charge in [-0.1, -0.05) is 0 Å². The van der Waals surface area contributed by atoms with E-state index in [1.165, 1.54) is 0 Å². The number of carbonyl (C=O) groups is 1. The van der Waals surface area contributed by atoms with Gasteiger partial charge in [0.05, 0.1) is 17.2 Å². The lowest BCUT2D eigenvalue weighted by Gasteiger charge is -2.07. The van der Waals surface area contributed by atoms with E-state index in [4.69, 9.17) is 4.74 Å². The molecule has 0 aromatic carbocycles. The lowest BCUT2D eigenvalue weighted by Crippen LogP contribution is -2.11. The molecule has 0 N–H and O–H groups in total. The molecule has 0 amide bonds. The summed E-state index contributed by atoms with van der Waals surface area (Å²) >= 11 is 2.13. The molecule has 0 radical (unpaired) electrons. The van der Waals surface area contributed by atoms with Crippen LogP contribution in [0.2, 0.25) is 0 Å². The fourth-order valence-electron chi connectivity index (χ4n) is 1.37. The molecular formula is C11H11IN2O2. The van der Waals surface area contributed by atoms with Gasteiger partial charge in [0.15, 0.2) is 0 Å². The summed E-state index contributed by atoms with van der Waals surface area (Å²) in [6.45, 7) is 3.66. The van der Waals surface area contributed by atoms with Gasteiger partial charge in [0, 0.05) is 6.20 Å². The molecule has 2 rings (SSSR count). The number of hydrogen-bond donors (Lipinski definition) is 0. The van der Waals surface area contributed by atoms with Crippen molar-refractivity contribution in [1.29, 1.82) is 0 Å². The van der Waals surface area contributed by atoms with Gasteiger partial charge >= 0.3 is 5.97 Å². The molecule has 16 heavy (non-hydrogen) atoms. The van der Waals surface area contributed by atoms with Crippen molar-refractivity contribution in [2.24, 2.45) is 0 Å². The Morgan fingerprint density at radius 1 is 1.56 bits per heavy atom. The van der Waals surface area contributed by atoms with Crippen LogP contribution < -0.4 is 0 Å². The van der Waals surface area contributed by atoms with Crippen molar-refractivity contribution in [2.45, 2.75) is 20.0 Å². The average Bonchev–Trinajstić information content (AvgIpc) is 2.59. The molecular weight excluding hydrogens is 319 g/mol. The third kappa shape index (κ3) is 2.18. The minimum atomic E-state index is -0.297. The SMILES string of the molecule is CC(C)OC(=O)c1ccn2cnc(I)c2c1. The highest BCUT2D eigenvalue weighted by molar-refractivity contribution is 14.1. The van der Waals surface area contributed by atoms with Crippen molar-refractivity contribution in [3.05, 3.63) is 33.9 Å². The van der Waals surface area contributed by atoms with Gasteiger partial charge in [-0.15, -0.1) is 0 Å². The molecule has 0 aliphatic heterocycles. The highest BCUT2D eigenvalue weighted by Gasteiger charge is 2.11. The van der Waals surface area contributed by atoms with Crippen LogP contribution in [0.4, 0.5) is 0 Å². The Bertz CT molecular complexity index is 534. The summed E-state index contributed by atoms with van der Waals surface area (Å²) in [5, 5.41) is 0. The van der Waals surface area contributed by atoms with Crippen LogP contribution in [0.5, 0.6) is 0 Å². The topological polar surface area (TPSA) is 43.6 Å². The summed E-state index contributed by atoms with van der Waals surface area (Å²) in [6, 6.07) is 3.52. The van der Waals surface area contributed by atoms with E-state index < -0.39 is 0 Å². The van der Waals surface area contributed by atoms with Crippen LogP contribution in [-0.2, 0) is 4.74 Å². The smallest absolute Gasteiger partial charge is 0.338 e. The maximum absolute atomic E-state index is 11.7. The molecule has 0 fully saturated rings. The van der Waals surface area contributed by atoms with Gasteiger partial charge in [0.25, 0.3) is 0 Å². The van der Waals surface area contributed by atoms with Crippen LogP contribution in [-0.4, -0.2) is 21.5 Å². The van der Waals surface area contributed by atoms with E-state index in [0.29, 0.717) is 5.56 Å². The molecule has 2 aromatic heterocycles. The number of aromatic nitrogens is 2. The first-order valence-corrected chi connectivity index (χ1v) is 5.99. The number of imidazole rings is 1. The van der Waals surface area contributed by atoms with Crippen LogP contribution in [0.15, 0.2) is 24.7 Å². The zero-order valence-corrected chi connectivity index (χ0v) is 11.1. The number of ether oxygens (including phenoxy) is 1. The largest absolute Gasteiger partial charge is 0.459 e. The van der Waals surface area contributed by atoms with Gasteiger partial charge in [-0.2, -0.15) is 0 Å². The third-order valence-electron chi connectivity index (χ3n) is 2.07. The van der Waals surface area contributed by atoms with Crippen molar-refractivity contribution in [3.63, 3.8) is 0 Å². The fourth-order valence-corrected chi connectivity index (χ4v) is 1.92. The van der Waals surface area contributed by atoms with Crippen LogP contribution in [0.1, 0.15) is 24.2 Å². The second-order valence-corrected chi connectivity index (χ2v) is 4.72. The van der Waals surface area contributed by atoms with Crippen molar-refractivity contribution < 1.29 is 9.53 Å². The summed E-state index contributed by atoms with van der Waals surface area (Å²) in [5.41, 5.74) is 1.47. The molecule has 2 heterocycles. The lowest BCUT2D eigenvalue weighted by atomic mass is 10.2. The molecule has 0 bridgehead atoms. The predicted octanol–water partition coefficient (Wildman–Crippen LogP) is 2.50. The normalized spacial score (nSPS) is 11.0. The summed E-state index contributed by atoms with van der Waals surface area (Å²) in [7, 11) is 0. The molecule has 4 nitrogen and oxygen atoms in total. The van der Waals surface area contributed by atoms with Crippen molar-refractivity contribution in [2.75, 3.05) is 0 Å². The van der Waals surface area contributed by atoms with Gasteiger partial charge in [-0.3, -0.25) is 0 Å². The molecule has 2 aromatic rings. The Morgan fingerprint density at radius 2 is 2.31 bits per heavy atom. The Balaban J connectivity index is 2.38. The van der Waals surface area contributed by atoms with Gasteiger partial charge in [0.1, 0.15) is 10.0 Å². The first-order chi connectivity index (χ1) is 7.58. The number of esters is 1. The molecule has 0 spiro atoms. The second-order valence-electron chi connectivity index (χ2n) is 3.70. The molecule has 0 saturated carbocycles. The second kappa shape index (κ2) is 4.40. The van der Waals surface area contributed by atoms with E-state index in [2.05, 4.69) is 27.6 Å². The van der Waals surface area contributed by atoms with Crippen molar-refractivity contribution in [1.82, 2.24) is 9.38 Å². The lowest BCUT2D eigenvalue weighted by molar-refractivity contribution is 0.0378. The number of carbonyl (C=O) groups excluding carboxylic acids is 1. The predicted molar refractivity (Wildman–Crippen MR) is 68.5 cm³/mol. The molecule has 0 saturated heterocycles. The number of hydrogen-bond acceptors (Lipinski definition) is 3. The molecule has 5 heteroatoms. The summed E-state index contributed by atoms with van der Waals surface area (Å²) in [5.74, 6) is -0.297. The minimum absolute atomic E-state index is 0.104. The van der Waals surface area contributed by atoms with Crippen molar-refractivity contribution >= 4 is 34.1 Å². The Hall–Kier alpha value is -1.11. The summed E-state index contributed by atoms with van der Waals surface area (Å²) in [6.07, 6.45) is 3.42. The molecule has 0 aliphatic carbocycles. The number of halogens is 1. The molecule has 0 aliphatic rings. The van der Waals surface area contributed by atoms with Crippen LogP contribution >= 0.6 is 22.6 Å². The maximum Gasteiger partial charge on any atom is 0.338 e. The summed E-state index contributed by atoms with van der Waals surface area (Å²) in [4.78, 5) is 15.8. The number of pyridine rings is 1. The van der Waals surface area contributed by atoms with Gasteiger partial charge in [-0.05, 0) is 48.6 Å². The van der Waals surface area contributed by atoms with E-state index in [1.54, 1.807) is 24.7 Å². The molecule has 84 valence electrons. The van der Waals surface area contributed by atoms with Crippen LogP contribution in [0.25, 0.3) is 5.52 Å². The standard InChI is InChI=1S/C11H11IN2O2/c1-7(2)16-11(15)8-3-4-14-6-13-10(12)9(14)5-8/h3-7H,1-2H3. The third-order valence-corrected chi connectivity index (χ3v) is 2.90. The average molecular weight is 330 g/mol. The van der Waals surface area contributed by atoms with E-state index >= 15 is 0 Å². The number of rotatable bonds is 2. The van der Waals surface area contributed by atoms with E-state index in [9.17, 15) is 4.79 Å². The molecule has 0 unspecified atom stereocenters. The zero-order chi connectivity index (χ0) is 11.7. The monoisotopic (exact) mass is 330 g/mol. The van der Waals surface area contributed by atoms with Gasteiger partial charge < -0.3 is 9.14 Å². The van der Waals surface area contributed by atoms with Crippen LogP contribution in [0, 0.1) is 3.70 Å². The van der Waals surface area contributed by atoms with Gasteiger partial charge in [-0.25, -0.2) is 9.78 Å². The Morgan fingerprint density at radius 3 is 3.00 bits per heavy atom. The van der Waals surface area contributed by atoms with E-state index in [-0.39, 0.29) is 12.1 Å². The minimum Gasteiger partial charge on any atom is -0.459 e. The number of nitrogens with zero attached hydrogens (tertiary/aromatic N) is 2. The maximum atomic E-state index is 11.7. The Kier molecular flexibility index (Phi) is 3.13. The Labute approximate surface area is 107 Å². The highest BCUT2D eigenvalue weighted by atomic mass is 127. The van der Waals surface area contributed by atoms with Crippen molar-refractivity contribution in [3.8, 4) is 0 Å². The first kappa shape index (κ1) is 11.4. The molecule has 0 atom stereocenters. The highest BCUT2D eigenvalue weighted by Crippen LogP contribution is 2.14.